The van der Waals surface area contributed by atoms with Crippen molar-refractivity contribution in [2.24, 2.45) is 0 Å². The highest BCUT2D eigenvalue weighted by molar-refractivity contribution is 5.67. The fraction of sp³-hybridized carbons (Fsp3) is 0. The van der Waals surface area contributed by atoms with Crippen molar-refractivity contribution in [2.45, 2.75) is 0 Å². The molecular weight excluding hydrogens is 174 g/mol. The lowest BCUT2D eigenvalue weighted by molar-refractivity contribution is 1.03. The van der Waals surface area contributed by atoms with Crippen molar-refractivity contribution < 1.29 is 0 Å². The average molecular weight is 183 g/mol. The van der Waals surface area contributed by atoms with Crippen LogP contribution in [0.1, 0.15) is 11.3 Å². The molecule has 0 unspecified atom stereocenters. The fourth-order valence-corrected chi connectivity index (χ4v) is 1.06. The minimum atomic E-state index is 0.935. The fourth-order valence-electron chi connectivity index (χ4n) is 1.06. The summed E-state index contributed by atoms with van der Waals surface area (Å²) in [6.45, 7) is 0. The first-order valence-electron chi connectivity index (χ1n) is 4.31. The van der Waals surface area contributed by atoms with Crippen molar-refractivity contribution in [1.82, 2.24) is 15.2 Å². The predicted molar refractivity (Wildman–Crippen MR) is 55.2 cm³/mol. The Morgan fingerprint density at radius 1 is 0.929 bits per heavy atom. The van der Waals surface area contributed by atoms with Crippen molar-refractivity contribution in [3.63, 3.8) is 0 Å². The second-order valence-electron chi connectivity index (χ2n) is 2.76. The molecule has 3 heteroatoms. The zero-order valence-corrected chi connectivity index (χ0v) is 7.54. The van der Waals surface area contributed by atoms with Gasteiger partial charge in [-0.2, -0.15) is 10.2 Å². The Morgan fingerprint density at radius 3 is 2.64 bits per heavy atom. The number of pyridine rings is 1. The minimum Gasteiger partial charge on any atom is -0.257 e. The third-order valence-electron chi connectivity index (χ3n) is 1.74. The molecule has 68 valence electrons. The summed E-state index contributed by atoms with van der Waals surface area (Å²) < 4.78 is 0. The van der Waals surface area contributed by atoms with E-state index in [0.29, 0.717) is 0 Å². The van der Waals surface area contributed by atoms with Crippen LogP contribution in [-0.4, -0.2) is 15.2 Å². The van der Waals surface area contributed by atoms with Gasteiger partial charge < -0.3 is 0 Å². The summed E-state index contributed by atoms with van der Waals surface area (Å²) in [5, 5.41) is 7.48. The highest BCUT2D eigenvalue weighted by Gasteiger charge is 1.86. The van der Waals surface area contributed by atoms with Gasteiger partial charge in [-0.1, -0.05) is 12.1 Å². The van der Waals surface area contributed by atoms with E-state index in [1.807, 2.05) is 36.4 Å². The van der Waals surface area contributed by atoms with Crippen LogP contribution in [0.3, 0.4) is 0 Å². The topological polar surface area (TPSA) is 38.7 Å². The molecule has 0 aliphatic heterocycles. The molecule has 0 bridgehead atoms. The molecule has 0 atom stereocenters. The van der Waals surface area contributed by atoms with Crippen LogP contribution < -0.4 is 0 Å². The molecule has 0 N–H and O–H groups in total. The summed E-state index contributed by atoms with van der Waals surface area (Å²) in [4.78, 5) is 4.17. The molecule has 0 spiro atoms. The zero-order valence-electron chi connectivity index (χ0n) is 7.54. The maximum absolute atomic E-state index is 4.17. The quantitative estimate of drug-likeness (QED) is 0.715. The number of nitrogens with zero attached hydrogens (tertiary/aromatic N) is 3. The summed E-state index contributed by atoms with van der Waals surface area (Å²) in [7, 11) is 0. The number of hydrogen-bond donors (Lipinski definition) is 0. The van der Waals surface area contributed by atoms with Crippen molar-refractivity contribution >= 4 is 12.2 Å². The Hall–Kier alpha value is -2.03. The molecule has 0 aromatic carbocycles. The van der Waals surface area contributed by atoms with Crippen LogP contribution in [0.2, 0.25) is 0 Å². The Balaban J connectivity index is 2.16. The zero-order chi connectivity index (χ0) is 9.64. The lowest BCUT2D eigenvalue weighted by atomic mass is 10.2. The molecule has 2 aromatic rings. The third-order valence-corrected chi connectivity index (χ3v) is 1.74. The van der Waals surface area contributed by atoms with Crippen LogP contribution in [-0.2, 0) is 0 Å². The van der Waals surface area contributed by atoms with E-state index < -0.39 is 0 Å². The van der Waals surface area contributed by atoms with E-state index in [1.165, 1.54) is 0 Å². The normalized spacial score (nSPS) is 10.6. The first-order valence-corrected chi connectivity index (χ1v) is 4.31. The molecule has 0 saturated heterocycles. The molecule has 2 aromatic heterocycles. The van der Waals surface area contributed by atoms with Crippen LogP contribution in [0.15, 0.2) is 42.9 Å². The van der Waals surface area contributed by atoms with Crippen LogP contribution in [0.5, 0.6) is 0 Å². The van der Waals surface area contributed by atoms with Gasteiger partial charge >= 0.3 is 0 Å². The lowest BCUT2D eigenvalue weighted by Gasteiger charge is -1.91. The smallest absolute Gasteiger partial charge is 0.0629 e. The van der Waals surface area contributed by atoms with Gasteiger partial charge in [-0.05, 0) is 29.8 Å². The van der Waals surface area contributed by atoms with Crippen LogP contribution in [0.4, 0.5) is 0 Å². The molecular formula is C11H9N3. The first kappa shape index (κ1) is 8.56. The van der Waals surface area contributed by atoms with Crippen molar-refractivity contribution in [3.8, 4) is 0 Å². The standard InChI is InChI=1S/C11H9N3/c1-2-7-12-11(3-1)5-4-10-6-8-13-14-9-10/h1-9H/b5-4+. The van der Waals surface area contributed by atoms with Crippen molar-refractivity contribution in [2.75, 3.05) is 0 Å². The maximum atomic E-state index is 4.17. The SMILES string of the molecule is C(=C\c1ccccn1)/c1ccnnc1. The molecule has 0 saturated carbocycles. The van der Waals surface area contributed by atoms with E-state index in [4.69, 9.17) is 0 Å². The largest absolute Gasteiger partial charge is 0.257 e. The lowest BCUT2D eigenvalue weighted by Crippen LogP contribution is -1.80. The number of hydrogen-bond acceptors (Lipinski definition) is 3. The van der Waals surface area contributed by atoms with Gasteiger partial charge in [-0.25, -0.2) is 0 Å². The Labute approximate surface area is 82.2 Å². The molecule has 0 radical (unpaired) electrons. The van der Waals surface area contributed by atoms with Gasteiger partial charge in [0.05, 0.1) is 18.1 Å². The average Bonchev–Trinajstić information content (AvgIpc) is 2.29. The molecule has 2 rings (SSSR count). The van der Waals surface area contributed by atoms with Crippen molar-refractivity contribution in [1.29, 1.82) is 0 Å². The molecule has 0 fully saturated rings. The van der Waals surface area contributed by atoms with E-state index in [9.17, 15) is 0 Å². The van der Waals surface area contributed by atoms with Gasteiger partial charge in [-0.3, -0.25) is 4.98 Å². The molecule has 14 heavy (non-hydrogen) atoms. The first-order chi connectivity index (χ1) is 6.95. The molecule has 0 aliphatic carbocycles. The van der Waals surface area contributed by atoms with Crippen LogP contribution >= 0.6 is 0 Å². The second kappa shape index (κ2) is 4.28. The Kier molecular flexibility index (Phi) is 2.62. The van der Waals surface area contributed by atoms with Gasteiger partial charge in [-0.15, -0.1) is 0 Å². The van der Waals surface area contributed by atoms with Gasteiger partial charge in [0.1, 0.15) is 0 Å². The molecule has 0 aliphatic rings. The van der Waals surface area contributed by atoms with E-state index in [-0.39, 0.29) is 0 Å². The maximum Gasteiger partial charge on any atom is 0.0629 e. The minimum absolute atomic E-state index is 0.935. The predicted octanol–water partition coefficient (Wildman–Crippen LogP) is 2.04. The van der Waals surface area contributed by atoms with E-state index in [2.05, 4.69) is 15.2 Å². The second-order valence-corrected chi connectivity index (χ2v) is 2.76. The van der Waals surface area contributed by atoms with Crippen molar-refractivity contribution in [3.05, 3.63) is 54.1 Å². The van der Waals surface area contributed by atoms with E-state index >= 15 is 0 Å². The van der Waals surface area contributed by atoms with Gasteiger partial charge in [0.15, 0.2) is 0 Å². The molecule has 0 amide bonds. The summed E-state index contributed by atoms with van der Waals surface area (Å²) in [6.07, 6.45) is 9.04. The Morgan fingerprint density at radius 2 is 1.93 bits per heavy atom. The third kappa shape index (κ3) is 2.23. The summed E-state index contributed by atoms with van der Waals surface area (Å²) in [6, 6.07) is 7.69. The van der Waals surface area contributed by atoms with Crippen LogP contribution in [0, 0.1) is 0 Å². The molecule has 3 nitrogen and oxygen atoms in total. The summed E-state index contributed by atoms with van der Waals surface area (Å²) >= 11 is 0. The highest BCUT2D eigenvalue weighted by Crippen LogP contribution is 2.02. The van der Waals surface area contributed by atoms with Gasteiger partial charge in [0.2, 0.25) is 0 Å². The van der Waals surface area contributed by atoms with Gasteiger partial charge in [0.25, 0.3) is 0 Å². The molecule has 2 heterocycles. The number of aromatic nitrogens is 3. The monoisotopic (exact) mass is 183 g/mol. The van der Waals surface area contributed by atoms with Gasteiger partial charge in [0, 0.05) is 6.20 Å². The van der Waals surface area contributed by atoms with E-state index in [0.717, 1.165) is 11.3 Å². The Bertz CT molecular complexity index is 368. The van der Waals surface area contributed by atoms with E-state index in [1.54, 1.807) is 18.6 Å². The highest BCUT2D eigenvalue weighted by atomic mass is 15.1. The summed E-state index contributed by atoms with van der Waals surface area (Å²) in [5.41, 5.74) is 1.95. The van der Waals surface area contributed by atoms with Crippen LogP contribution in [0.25, 0.3) is 12.2 Å². The number of rotatable bonds is 2. The summed E-state index contributed by atoms with van der Waals surface area (Å²) in [5.74, 6) is 0.